The molecule has 0 saturated heterocycles. The van der Waals surface area contributed by atoms with E-state index >= 15 is 0 Å². The van der Waals surface area contributed by atoms with Gasteiger partial charge in [-0.1, -0.05) is 30.3 Å². The standard InChI is InChI=1S/C25H24N4O2/c1-18(30)16-20-13-12-19(17-26-20)24-27-23-11-7-6-10-22(23)25(28-24)29(2)14-15-31-21-8-4-3-5-9-21/h3-13,17H,14-16H2,1-2H3. The van der Waals surface area contributed by atoms with E-state index in [1.54, 1.807) is 13.1 Å². The Balaban J connectivity index is 1.59. The van der Waals surface area contributed by atoms with E-state index in [0.717, 1.165) is 33.7 Å². The molecule has 4 aromatic rings. The molecule has 0 aliphatic carbocycles. The number of pyridine rings is 1. The molecule has 6 heteroatoms. The van der Waals surface area contributed by atoms with E-state index in [9.17, 15) is 4.79 Å². The summed E-state index contributed by atoms with van der Waals surface area (Å²) in [6.07, 6.45) is 2.05. The van der Waals surface area contributed by atoms with Crippen molar-refractivity contribution in [1.29, 1.82) is 0 Å². The van der Waals surface area contributed by atoms with Gasteiger partial charge in [0, 0.05) is 36.3 Å². The lowest BCUT2D eigenvalue weighted by atomic mass is 10.1. The lowest BCUT2D eigenvalue weighted by Crippen LogP contribution is -2.25. The molecule has 0 atom stereocenters. The number of nitrogens with zero attached hydrogens (tertiary/aromatic N) is 4. The average Bonchev–Trinajstić information content (AvgIpc) is 2.79. The molecule has 2 heterocycles. The van der Waals surface area contributed by atoms with Crippen LogP contribution in [0.3, 0.4) is 0 Å². The molecule has 2 aromatic heterocycles. The molecular weight excluding hydrogens is 388 g/mol. The lowest BCUT2D eigenvalue weighted by molar-refractivity contribution is -0.116. The van der Waals surface area contributed by atoms with E-state index < -0.39 is 0 Å². The zero-order chi connectivity index (χ0) is 21.6. The van der Waals surface area contributed by atoms with Crippen molar-refractivity contribution in [2.24, 2.45) is 0 Å². The largest absolute Gasteiger partial charge is 0.492 e. The van der Waals surface area contributed by atoms with Crippen LogP contribution < -0.4 is 9.64 Å². The van der Waals surface area contributed by atoms with Crippen LogP contribution in [0.15, 0.2) is 72.9 Å². The summed E-state index contributed by atoms with van der Waals surface area (Å²) in [7, 11) is 2.00. The van der Waals surface area contributed by atoms with Crippen molar-refractivity contribution in [1.82, 2.24) is 15.0 Å². The molecule has 156 valence electrons. The Morgan fingerprint density at radius 2 is 1.74 bits per heavy atom. The summed E-state index contributed by atoms with van der Waals surface area (Å²) in [6, 6.07) is 21.5. The maximum Gasteiger partial charge on any atom is 0.163 e. The molecule has 0 N–H and O–H groups in total. The number of Topliss-reactive ketones (excluding diaryl/α,β-unsaturated/α-hetero) is 1. The summed E-state index contributed by atoms with van der Waals surface area (Å²) in [4.78, 5) is 27.4. The van der Waals surface area contributed by atoms with E-state index in [1.165, 1.54) is 0 Å². The summed E-state index contributed by atoms with van der Waals surface area (Å²) < 4.78 is 5.85. The monoisotopic (exact) mass is 412 g/mol. The van der Waals surface area contributed by atoms with Crippen LogP contribution in [-0.4, -0.2) is 40.9 Å². The van der Waals surface area contributed by atoms with E-state index in [1.807, 2.05) is 73.8 Å². The van der Waals surface area contributed by atoms with E-state index in [4.69, 9.17) is 14.7 Å². The number of hydrogen-bond donors (Lipinski definition) is 0. The van der Waals surface area contributed by atoms with Crippen LogP contribution in [0.25, 0.3) is 22.3 Å². The molecule has 0 bridgehead atoms. The minimum absolute atomic E-state index is 0.0869. The first-order valence-electron chi connectivity index (χ1n) is 10.2. The van der Waals surface area contributed by atoms with Gasteiger partial charge in [-0.15, -0.1) is 0 Å². The van der Waals surface area contributed by atoms with Gasteiger partial charge in [0.25, 0.3) is 0 Å². The number of ether oxygens (including phenoxy) is 1. The lowest BCUT2D eigenvalue weighted by Gasteiger charge is -2.21. The molecule has 4 rings (SSSR count). The molecule has 0 spiro atoms. The predicted octanol–water partition coefficient (Wildman–Crippen LogP) is 4.34. The fraction of sp³-hybridized carbons (Fsp3) is 0.200. The van der Waals surface area contributed by atoms with Crippen LogP contribution in [-0.2, 0) is 11.2 Å². The van der Waals surface area contributed by atoms with Crippen LogP contribution >= 0.6 is 0 Å². The van der Waals surface area contributed by atoms with Crippen molar-refractivity contribution in [2.75, 3.05) is 25.1 Å². The SMILES string of the molecule is CC(=O)Cc1ccc(-c2nc(N(C)CCOc3ccccc3)c3ccccc3n2)cn1. The van der Waals surface area contributed by atoms with E-state index in [0.29, 0.717) is 25.4 Å². The van der Waals surface area contributed by atoms with Crippen molar-refractivity contribution < 1.29 is 9.53 Å². The molecule has 0 aliphatic rings. The van der Waals surface area contributed by atoms with Gasteiger partial charge in [0.2, 0.25) is 0 Å². The molecule has 2 aromatic carbocycles. The van der Waals surface area contributed by atoms with Gasteiger partial charge in [-0.2, -0.15) is 0 Å². The number of anilines is 1. The third kappa shape index (κ3) is 5.04. The minimum Gasteiger partial charge on any atom is -0.492 e. The predicted molar refractivity (Wildman–Crippen MR) is 122 cm³/mol. The first-order chi connectivity index (χ1) is 15.1. The van der Waals surface area contributed by atoms with Crippen LogP contribution in [0, 0.1) is 0 Å². The fourth-order valence-corrected chi connectivity index (χ4v) is 3.32. The zero-order valence-corrected chi connectivity index (χ0v) is 17.7. The molecule has 0 fully saturated rings. The molecule has 6 nitrogen and oxygen atoms in total. The number of hydrogen-bond acceptors (Lipinski definition) is 6. The third-order valence-corrected chi connectivity index (χ3v) is 4.90. The van der Waals surface area contributed by atoms with Gasteiger partial charge >= 0.3 is 0 Å². The second-order valence-corrected chi connectivity index (χ2v) is 7.39. The van der Waals surface area contributed by atoms with E-state index in [2.05, 4.69) is 9.88 Å². The Morgan fingerprint density at radius 3 is 2.48 bits per heavy atom. The Morgan fingerprint density at radius 1 is 0.968 bits per heavy atom. The smallest absolute Gasteiger partial charge is 0.163 e. The van der Waals surface area contributed by atoms with Gasteiger partial charge in [0.05, 0.1) is 12.1 Å². The van der Waals surface area contributed by atoms with E-state index in [-0.39, 0.29) is 5.78 Å². The molecule has 0 amide bonds. The first kappa shape index (κ1) is 20.5. The quantitative estimate of drug-likeness (QED) is 0.429. The second-order valence-electron chi connectivity index (χ2n) is 7.39. The fourth-order valence-electron chi connectivity index (χ4n) is 3.32. The molecule has 0 unspecified atom stereocenters. The summed E-state index contributed by atoms with van der Waals surface area (Å²) in [6.45, 7) is 2.77. The second kappa shape index (κ2) is 9.34. The van der Waals surface area contributed by atoms with Crippen molar-refractivity contribution in [3.05, 3.63) is 78.6 Å². The number of carbonyl (C=O) groups excluding carboxylic acids is 1. The van der Waals surface area contributed by atoms with Crippen molar-refractivity contribution in [3.8, 4) is 17.1 Å². The highest BCUT2D eigenvalue weighted by molar-refractivity contribution is 5.91. The molecule has 31 heavy (non-hydrogen) atoms. The summed E-state index contributed by atoms with van der Waals surface area (Å²) in [5.41, 5.74) is 2.42. The topological polar surface area (TPSA) is 68.2 Å². The van der Waals surface area contributed by atoms with Crippen molar-refractivity contribution in [3.63, 3.8) is 0 Å². The van der Waals surface area contributed by atoms with Crippen LogP contribution in [0.1, 0.15) is 12.6 Å². The molecule has 0 saturated carbocycles. The Bertz CT molecular complexity index is 1180. The van der Waals surface area contributed by atoms with Crippen molar-refractivity contribution >= 4 is 22.5 Å². The number of likely N-dealkylation sites (N-methyl/N-ethyl adjacent to an activating group) is 1. The number of para-hydroxylation sites is 2. The third-order valence-electron chi connectivity index (χ3n) is 4.90. The van der Waals surface area contributed by atoms with Gasteiger partial charge in [-0.3, -0.25) is 9.78 Å². The highest BCUT2D eigenvalue weighted by Gasteiger charge is 2.13. The van der Waals surface area contributed by atoms with Crippen LogP contribution in [0.2, 0.25) is 0 Å². The van der Waals surface area contributed by atoms with Gasteiger partial charge < -0.3 is 9.64 Å². The summed E-state index contributed by atoms with van der Waals surface area (Å²) in [5, 5.41) is 0.981. The maximum absolute atomic E-state index is 11.3. The maximum atomic E-state index is 11.3. The van der Waals surface area contributed by atoms with Crippen LogP contribution in [0.4, 0.5) is 5.82 Å². The van der Waals surface area contributed by atoms with Gasteiger partial charge in [0.15, 0.2) is 5.82 Å². The minimum atomic E-state index is 0.0869. The Labute approximate surface area is 181 Å². The first-order valence-corrected chi connectivity index (χ1v) is 10.2. The number of rotatable bonds is 8. The van der Waals surface area contributed by atoms with Gasteiger partial charge in [0.1, 0.15) is 24.0 Å². The molecular formula is C25H24N4O2. The number of carbonyl (C=O) groups is 1. The van der Waals surface area contributed by atoms with Gasteiger partial charge in [-0.05, 0) is 43.3 Å². The Hall–Kier alpha value is -3.80. The van der Waals surface area contributed by atoms with Crippen LogP contribution in [0.5, 0.6) is 5.75 Å². The molecule has 0 aliphatic heterocycles. The average molecular weight is 412 g/mol. The Kier molecular flexibility index (Phi) is 6.17. The number of fused-ring (bicyclic) bond motifs is 1. The highest BCUT2D eigenvalue weighted by Crippen LogP contribution is 2.26. The van der Waals surface area contributed by atoms with Gasteiger partial charge in [-0.25, -0.2) is 9.97 Å². The zero-order valence-electron chi connectivity index (χ0n) is 17.7. The number of ketones is 1. The normalized spacial score (nSPS) is 10.8. The highest BCUT2D eigenvalue weighted by atomic mass is 16.5. The number of aromatic nitrogens is 3. The molecule has 0 radical (unpaired) electrons. The van der Waals surface area contributed by atoms with Crippen molar-refractivity contribution in [2.45, 2.75) is 13.3 Å². The summed E-state index contributed by atoms with van der Waals surface area (Å²) in [5.74, 6) is 2.38. The number of benzene rings is 2. The summed E-state index contributed by atoms with van der Waals surface area (Å²) >= 11 is 0.